The van der Waals surface area contributed by atoms with Crippen LogP contribution in [-0.2, 0) is 4.79 Å². The Hall–Kier alpha value is -2.09. The number of hydrogen-bond acceptors (Lipinski definition) is 4. The van der Waals surface area contributed by atoms with Crippen molar-refractivity contribution in [3.05, 3.63) is 22.9 Å². The molecule has 1 fully saturated rings. The van der Waals surface area contributed by atoms with Crippen LogP contribution in [0.3, 0.4) is 0 Å². The van der Waals surface area contributed by atoms with Gasteiger partial charge in [0.15, 0.2) is 0 Å². The van der Waals surface area contributed by atoms with Gasteiger partial charge in [-0.1, -0.05) is 6.92 Å². The van der Waals surface area contributed by atoms with E-state index >= 15 is 0 Å². The highest BCUT2D eigenvalue weighted by molar-refractivity contribution is 5.73. The molecule has 2 atom stereocenters. The van der Waals surface area contributed by atoms with Crippen LogP contribution in [0.5, 0.6) is 0 Å². The molecule has 0 aliphatic carbocycles. The van der Waals surface area contributed by atoms with Gasteiger partial charge in [-0.15, -0.1) is 0 Å². The van der Waals surface area contributed by atoms with E-state index in [2.05, 4.69) is 11.1 Å². The third-order valence-corrected chi connectivity index (χ3v) is 3.67. The molecule has 1 aromatic heterocycles. The van der Waals surface area contributed by atoms with Crippen LogP contribution in [0.15, 0.2) is 6.07 Å². The smallest absolute Gasteiger partial charge is 0.308 e. The number of hydrogen-bond donors (Lipinski definition) is 1. The van der Waals surface area contributed by atoms with Crippen molar-refractivity contribution in [1.82, 2.24) is 4.98 Å². The molecule has 5 heteroatoms. The summed E-state index contributed by atoms with van der Waals surface area (Å²) in [6.07, 6.45) is 0. The minimum atomic E-state index is -0.780. The Labute approximate surface area is 112 Å². The molecular formula is C14H17N3O2. The average molecular weight is 259 g/mol. The van der Waals surface area contributed by atoms with Gasteiger partial charge in [0.05, 0.1) is 11.5 Å². The van der Waals surface area contributed by atoms with Gasteiger partial charge in [-0.05, 0) is 31.4 Å². The number of nitriles is 1. The monoisotopic (exact) mass is 259 g/mol. The molecule has 1 aromatic rings. The molecule has 1 saturated heterocycles. The van der Waals surface area contributed by atoms with Gasteiger partial charge in [-0.3, -0.25) is 4.79 Å². The normalized spacial score (nSPS) is 22.3. The summed E-state index contributed by atoms with van der Waals surface area (Å²) in [7, 11) is 0. The topological polar surface area (TPSA) is 77.2 Å². The van der Waals surface area contributed by atoms with Crippen molar-refractivity contribution in [1.29, 1.82) is 5.26 Å². The molecule has 0 saturated carbocycles. The van der Waals surface area contributed by atoms with E-state index in [1.165, 1.54) is 0 Å². The van der Waals surface area contributed by atoms with Gasteiger partial charge in [-0.2, -0.15) is 5.26 Å². The molecular weight excluding hydrogens is 242 g/mol. The quantitative estimate of drug-likeness (QED) is 0.875. The number of anilines is 1. The fraction of sp³-hybridized carbons (Fsp3) is 0.500. The predicted molar refractivity (Wildman–Crippen MR) is 70.9 cm³/mol. The molecule has 0 radical (unpaired) electrons. The Balaban J connectivity index is 2.39. The fourth-order valence-electron chi connectivity index (χ4n) is 2.65. The Morgan fingerprint density at radius 3 is 2.74 bits per heavy atom. The van der Waals surface area contributed by atoms with Crippen molar-refractivity contribution in [2.45, 2.75) is 20.8 Å². The van der Waals surface area contributed by atoms with Crippen LogP contribution in [0.25, 0.3) is 0 Å². The lowest BCUT2D eigenvalue weighted by atomic mass is 9.99. The van der Waals surface area contributed by atoms with E-state index in [0.29, 0.717) is 24.5 Å². The zero-order chi connectivity index (χ0) is 14.2. The number of rotatable bonds is 2. The third kappa shape index (κ3) is 2.39. The van der Waals surface area contributed by atoms with Crippen molar-refractivity contribution in [3.8, 4) is 6.07 Å². The molecule has 1 aliphatic heterocycles. The molecule has 2 heterocycles. The van der Waals surface area contributed by atoms with E-state index in [9.17, 15) is 15.2 Å². The summed E-state index contributed by atoms with van der Waals surface area (Å²) in [6, 6.07) is 4.05. The zero-order valence-electron chi connectivity index (χ0n) is 11.3. The Bertz CT molecular complexity index is 563. The molecule has 5 nitrogen and oxygen atoms in total. The summed E-state index contributed by atoms with van der Waals surface area (Å²) in [6.45, 7) is 6.73. The van der Waals surface area contributed by atoms with Gasteiger partial charge in [0, 0.05) is 18.8 Å². The van der Waals surface area contributed by atoms with Crippen LogP contribution in [0.1, 0.15) is 23.7 Å². The largest absolute Gasteiger partial charge is 0.481 e. The number of aliphatic carboxylic acids is 1. The lowest BCUT2D eigenvalue weighted by molar-refractivity contribution is -0.142. The number of carboxylic acid groups (broad SMARTS) is 1. The molecule has 0 bridgehead atoms. The van der Waals surface area contributed by atoms with Gasteiger partial charge in [0.1, 0.15) is 11.9 Å². The maximum absolute atomic E-state index is 11.2. The lowest BCUT2D eigenvalue weighted by Crippen LogP contribution is -2.25. The number of nitrogens with zero attached hydrogens (tertiary/aromatic N) is 3. The van der Waals surface area contributed by atoms with Gasteiger partial charge >= 0.3 is 5.97 Å². The van der Waals surface area contributed by atoms with E-state index in [4.69, 9.17) is 0 Å². The fourth-order valence-corrected chi connectivity index (χ4v) is 2.65. The Morgan fingerprint density at radius 2 is 2.21 bits per heavy atom. The summed E-state index contributed by atoms with van der Waals surface area (Å²) in [5, 5.41) is 18.4. The lowest BCUT2D eigenvalue weighted by Gasteiger charge is -2.19. The van der Waals surface area contributed by atoms with E-state index in [1.807, 2.05) is 31.7 Å². The molecule has 1 N–H and O–H groups in total. The number of carbonyl (C=O) groups is 1. The molecule has 0 spiro atoms. The molecule has 0 amide bonds. The summed E-state index contributed by atoms with van der Waals surface area (Å²) in [5.41, 5.74) is 2.28. The van der Waals surface area contributed by atoms with Crippen molar-refractivity contribution in [2.75, 3.05) is 18.0 Å². The van der Waals surface area contributed by atoms with E-state index in [-0.39, 0.29) is 5.92 Å². The van der Waals surface area contributed by atoms with Crippen LogP contribution < -0.4 is 4.90 Å². The third-order valence-electron chi connectivity index (χ3n) is 3.67. The molecule has 19 heavy (non-hydrogen) atoms. The number of aromatic nitrogens is 1. The molecule has 2 rings (SSSR count). The van der Waals surface area contributed by atoms with E-state index in [0.717, 1.165) is 11.3 Å². The Morgan fingerprint density at radius 1 is 1.53 bits per heavy atom. The minimum absolute atomic E-state index is 0.0617. The first-order chi connectivity index (χ1) is 8.93. The molecule has 2 unspecified atom stereocenters. The highest BCUT2D eigenvalue weighted by atomic mass is 16.4. The maximum Gasteiger partial charge on any atom is 0.308 e. The second-order valence-electron chi connectivity index (χ2n) is 5.22. The summed E-state index contributed by atoms with van der Waals surface area (Å²) in [5.74, 6) is -0.491. The van der Waals surface area contributed by atoms with Gasteiger partial charge in [0.25, 0.3) is 0 Å². The maximum atomic E-state index is 11.2. The van der Waals surface area contributed by atoms with Crippen LogP contribution in [0.2, 0.25) is 0 Å². The van der Waals surface area contributed by atoms with E-state index < -0.39 is 11.9 Å². The highest BCUT2D eigenvalue weighted by Gasteiger charge is 2.36. The van der Waals surface area contributed by atoms with Crippen LogP contribution in [0, 0.1) is 37.0 Å². The van der Waals surface area contributed by atoms with Gasteiger partial charge in [-0.25, -0.2) is 4.98 Å². The summed E-state index contributed by atoms with van der Waals surface area (Å²) < 4.78 is 0. The van der Waals surface area contributed by atoms with Crippen molar-refractivity contribution in [2.24, 2.45) is 11.8 Å². The number of carboxylic acids is 1. The SMILES string of the molecule is Cc1cc(C)c(C#N)c(N2CC(C)C(C(=O)O)C2)n1. The van der Waals surface area contributed by atoms with Gasteiger partial charge < -0.3 is 10.0 Å². The summed E-state index contributed by atoms with van der Waals surface area (Å²) in [4.78, 5) is 17.5. The van der Waals surface area contributed by atoms with Crippen molar-refractivity contribution >= 4 is 11.8 Å². The number of pyridine rings is 1. The first-order valence-electron chi connectivity index (χ1n) is 6.30. The molecule has 0 aromatic carbocycles. The van der Waals surface area contributed by atoms with Crippen molar-refractivity contribution < 1.29 is 9.90 Å². The van der Waals surface area contributed by atoms with E-state index in [1.54, 1.807) is 0 Å². The molecule has 100 valence electrons. The predicted octanol–water partition coefficient (Wildman–Crippen LogP) is 1.73. The van der Waals surface area contributed by atoms with Crippen LogP contribution in [0.4, 0.5) is 5.82 Å². The second-order valence-corrected chi connectivity index (χ2v) is 5.22. The average Bonchev–Trinajstić information content (AvgIpc) is 2.70. The van der Waals surface area contributed by atoms with Crippen LogP contribution in [-0.4, -0.2) is 29.1 Å². The number of aryl methyl sites for hydroxylation is 2. The molecule has 1 aliphatic rings. The zero-order valence-corrected chi connectivity index (χ0v) is 11.3. The standard InChI is InChI=1S/C14H17N3O2/c1-8-4-10(3)16-13(11(8)5-15)17-6-9(2)12(7-17)14(18)19/h4,9,12H,6-7H2,1-3H3,(H,18,19). The van der Waals surface area contributed by atoms with Gasteiger partial charge in [0.2, 0.25) is 0 Å². The minimum Gasteiger partial charge on any atom is -0.481 e. The first kappa shape index (κ1) is 13.3. The Kier molecular flexibility index (Phi) is 3.43. The highest BCUT2D eigenvalue weighted by Crippen LogP contribution is 2.30. The van der Waals surface area contributed by atoms with Crippen LogP contribution >= 0.6 is 0 Å². The van der Waals surface area contributed by atoms with Crippen molar-refractivity contribution in [3.63, 3.8) is 0 Å². The summed E-state index contributed by atoms with van der Waals surface area (Å²) >= 11 is 0. The second kappa shape index (κ2) is 4.88. The first-order valence-corrected chi connectivity index (χ1v) is 6.30.